The van der Waals surface area contributed by atoms with Gasteiger partial charge in [0, 0.05) is 19.5 Å². The third-order valence-electron chi connectivity index (χ3n) is 4.82. The molecule has 1 aromatic rings. The van der Waals surface area contributed by atoms with E-state index in [1.54, 1.807) is 12.4 Å². The molecule has 1 saturated heterocycles. The Bertz CT molecular complexity index is 476. The van der Waals surface area contributed by atoms with E-state index in [2.05, 4.69) is 20.2 Å². The lowest BCUT2D eigenvalue weighted by atomic mass is 10.0. The smallest absolute Gasteiger partial charge is 0.225 e. The number of anilines is 2. The van der Waals surface area contributed by atoms with Crippen LogP contribution < -0.4 is 10.2 Å². The Morgan fingerprint density at radius 1 is 1.09 bits per heavy atom. The molecule has 0 aromatic carbocycles. The van der Waals surface area contributed by atoms with Gasteiger partial charge in [-0.1, -0.05) is 25.7 Å². The fourth-order valence-electron chi connectivity index (χ4n) is 3.50. The first-order valence-corrected chi connectivity index (χ1v) is 8.68. The molecule has 2 fully saturated rings. The van der Waals surface area contributed by atoms with Crippen LogP contribution in [-0.2, 0) is 4.79 Å². The van der Waals surface area contributed by atoms with Crippen LogP contribution >= 0.6 is 0 Å². The van der Waals surface area contributed by atoms with Gasteiger partial charge in [0.15, 0.2) is 0 Å². The van der Waals surface area contributed by atoms with E-state index in [0.717, 1.165) is 31.4 Å². The summed E-state index contributed by atoms with van der Waals surface area (Å²) in [6.45, 7) is 2.07. The molecule has 3 rings (SSSR count). The lowest BCUT2D eigenvalue weighted by Crippen LogP contribution is -2.30. The fraction of sp³-hybridized carbons (Fsp3) is 0.706. The lowest BCUT2D eigenvalue weighted by molar-refractivity contribution is -0.116. The first-order chi connectivity index (χ1) is 10.8. The summed E-state index contributed by atoms with van der Waals surface area (Å²) < 4.78 is 0. The predicted octanol–water partition coefficient (Wildman–Crippen LogP) is 3.38. The predicted molar refractivity (Wildman–Crippen MR) is 87.9 cm³/mol. The normalized spacial score (nSPS) is 19.4. The van der Waals surface area contributed by atoms with Crippen LogP contribution in [0.15, 0.2) is 12.4 Å². The van der Waals surface area contributed by atoms with E-state index in [1.165, 1.54) is 44.9 Å². The summed E-state index contributed by atoms with van der Waals surface area (Å²) in [5.74, 6) is 1.62. The fourth-order valence-corrected chi connectivity index (χ4v) is 3.50. The lowest BCUT2D eigenvalue weighted by Gasteiger charge is -2.26. The van der Waals surface area contributed by atoms with Crippen molar-refractivity contribution >= 4 is 17.5 Å². The van der Waals surface area contributed by atoms with E-state index < -0.39 is 0 Å². The second kappa shape index (κ2) is 7.56. The van der Waals surface area contributed by atoms with E-state index >= 15 is 0 Å². The number of carbonyl (C=O) groups is 1. The average molecular weight is 302 g/mol. The summed E-state index contributed by atoms with van der Waals surface area (Å²) in [5.41, 5.74) is 0.706. The third kappa shape index (κ3) is 4.18. The van der Waals surface area contributed by atoms with Gasteiger partial charge in [-0.3, -0.25) is 4.79 Å². The number of nitrogens with zero attached hydrogens (tertiary/aromatic N) is 3. The Morgan fingerprint density at radius 2 is 1.77 bits per heavy atom. The molecular weight excluding hydrogens is 276 g/mol. The summed E-state index contributed by atoms with van der Waals surface area (Å²) in [5, 5.41) is 2.91. The summed E-state index contributed by atoms with van der Waals surface area (Å²) in [7, 11) is 0. The molecule has 1 aliphatic heterocycles. The van der Waals surface area contributed by atoms with E-state index in [0.29, 0.717) is 12.1 Å². The minimum Gasteiger partial charge on any atom is -0.341 e. The van der Waals surface area contributed by atoms with Gasteiger partial charge in [-0.15, -0.1) is 0 Å². The highest BCUT2D eigenvalue weighted by atomic mass is 16.1. The van der Waals surface area contributed by atoms with Gasteiger partial charge >= 0.3 is 0 Å². The second-order valence-electron chi connectivity index (χ2n) is 6.56. The molecule has 22 heavy (non-hydrogen) atoms. The molecular formula is C17H26N4O. The molecule has 1 aromatic heterocycles. The first kappa shape index (κ1) is 15.3. The molecule has 5 nitrogen and oxygen atoms in total. The van der Waals surface area contributed by atoms with Crippen molar-refractivity contribution in [2.45, 2.75) is 57.8 Å². The second-order valence-corrected chi connectivity index (χ2v) is 6.56. The number of piperidine rings is 1. The molecule has 0 atom stereocenters. The Hall–Kier alpha value is -1.65. The average Bonchev–Trinajstić information content (AvgIpc) is 3.08. The number of amides is 1. The molecule has 2 heterocycles. The van der Waals surface area contributed by atoms with Crippen molar-refractivity contribution in [3.63, 3.8) is 0 Å². The number of rotatable bonds is 5. The van der Waals surface area contributed by atoms with E-state index in [4.69, 9.17) is 0 Å². The van der Waals surface area contributed by atoms with Gasteiger partial charge < -0.3 is 10.2 Å². The molecule has 0 bridgehead atoms. The Morgan fingerprint density at radius 3 is 2.45 bits per heavy atom. The maximum atomic E-state index is 12.0. The summed E-state index contributed by atoms with van der Waals surface area (Å²) >= 11 is 0. The van der Waals surface area contributed by atoms with Gasteiger partial charge in [0.2, 0.25) is 11.9 Å². The van der Waals surface area contributed by atoms with Gasteiger partial charge in [0.25, 0.3) is 0 Å². The number of nitrogens with one attached hydrogen (secondary N) is 1. The van der Waals surface area contributed by atoms with Crippen LogP contribution in [0.2, 0.25) is 0 Å². The molecule has 1 amide bonds. The standard InChI is InChI=1S/C17H26N4O/c22-16(9-8-14-6-2-3-7-14)20-15-12-18-17(19-13-15)21-10-4-1-5-11-21/h12-14H,1-11H2,(H,20,22). The number of hydrogen-bond donors (Lipinski definition) is 1. The van der Waals surface area contributed by atoms with Crippen molar-refractivity contribution in [2.75, 3.05) is 23.3 Å². The zero-order chi connectivity index (χ0) is 15.2. The van der Waals surface area contributed by atoms with Crippen molar-refractivity contribution < 1.29 is 4.79 Å². The van der Waals surface area contributed by atoms with Crippen LogP contribution in [0.3, 0.4) is 0 Å². The molecule has 0 radical (unpaired) electrons. The van der Waals surface area contributed by atoms with Crippen LogP contribution in [-0.4, -0.2) is 29.0 Å². The van der Waals surface area contributed by atoms with Gasteiger partial charge in [-0.2, -0.15) is 0 Å². The monoisotopic (exact) mass is 302 g/mol. The van der Waals surface area contributed by atoms with Crippen LogP contribution in [0.4, 0.5) is 11.6 Å². The Labute approximate surface area is 132 Å². The molecule has 0 unspecified atom stereocenters. The zero-order valence-corrected chi connectivity index (χ0v) is 13.3. The molecule has 5 heteroatoms. The molecule has 2 aliphatic rings. The van der Waals surface area contributed by atoms with Crippen molar-refractivity contribution in [2.24, 2.45) is 5.92 Å². The van der Waals surface area contributed by atoms with E-state index in [1.807, 2.05) is 0 Å². The molecule has 1 N–H and O–H groups in total. The highest BCUT2D eigenvalue weighted by Gasteiger charge is 2.17. The minimum atomic E-state index is 0.0845. The molecule has 1 saturated carbocycles. The number of hydrogen-bond acceptors (Lipinski definition) is 4. The molecule has 1 aliphatic carbocycles. The van der Waals surface area contributed by atoms with Crippen molar-refractivity contribution in [3.8, 4) is 0 Å². The van der Waals surface area contributed by atoms with Crippen LogP contribution in [0, 0.1) is 5.92 Å². The van der Waals surface area contributed by atoms with Crippen LogP contribution in [0.1, 0.15) is 57.8 Å². The maximum absolute atomic E-state index is 12.0. The third-order valence-corrected chi connectivity index (χ3v) is 4.82. The van der Waals surface area contributed by atoms with Crippen LogP contribution in [0.25, 0.3) is 0 Å². The van der Waals surface area contributed by atoms with Crippen molar-refractivity contribution in [1.29, 1.82) is 0 Å². The highest BCUT2D eigenvalue weighted by Crippen LogP contribution is 2.28. The Kier molecular flexibility index (Phi) is 5.24. The van der Waals surface area contributed by atoms with Gasteiger partial charge in [-0.25, -0.2) is 9.97 Å². The largest absolute Gasteiger partial charge is 0.341 e. The summed E-state index contributed by atoms with van der Waals surface area (Å²) in [6.07, 6.45) is 14.0. The quantitative estimate of drug-likeness (QED) is 0.906. The molecule has 120 valence electrons. The van der Waals surface area contributed by atoms with E-state index in [9.17, 15) is 4.79 Å². The van der Waals surface area contributed by atoms with Gasteiger partial charge in [0.05, 0.1) is 18.1 Å². The van der Waals surface area contributed by atoms with E-state index in [-0.39, 0.29) is 5.91 Å². The number of carbonyl (C=O) groups excluding carboxylic acids is 1. The number of aromatic nitrogens is 2. The van der Waals surface area contributed by atoms with Crippen molar-refractivity contribution in [3.05, 3.63) is 12.4 Å². The SMILES string of the molecule is O=C(CCC1CCCC1)Nc1cnc(N2CCCCC2)nc1. The zero-order valence-electron chi connectivity index (χ0n) is 13.3. The van der Waals surface area contributed by atoms with Crippen LogP contribution in [0.5, 0.6) is 0 Å². The van der Waals surface area contributed by atoms with Gasteiger partial charge in [0.1, 0.15) is 0 Å². The highest BCUT2D eigenvalue weighted by molar-refractivity contribution is 5.90. The van der Waals surface area contributed by atoms with Gasteiger partial charge in [-0.05, 0) is 31.6 Å². The maximum Gasteiger partial charge on any atom is 0.225 e. The molecule has 0 spiro atoms. The summed E-state index contributed by atoms with van der Waals surface area (Å²) in [4.78, 5) is 23.0. The van der Waals surface area contributed by atoms with Crippen molar-refractivity contribution in [1.82, 2.24) is 9.97 Å². The Balaban J connectivity index is 1.46. The topological polar surface area (TPSA) is 58.1 Å². The first-order valence-electron chi connectivity index (χ1n) is 8.68. The minimum absolute atomic E-state index is 0.0845. The summed E-state index contributed by atoms with van der Waals surface area (Å²) in [6, 6.07) is 0.